The van der Waals surface area contributed by atoms with Crippen LogP contribution in [-0.4, -0.2) is 43.2 Å². The van der Waals surface area contributed by atoms with Crippen LogP contribution in [0.3, 0.4) is 0 Å². The second-order valence-electron chi connectivity index (χ2n) is 6.20. The van der Waals surface area contributed by atoms with Gasteiger partial charge in [0.15, 0.2) is 17.4 Å². The zero-order valence-electron chi connectivity index (χ0n) is 14.5. The molecule has 2 aromatic rings. The molecule has 0 bridgehead atoms. The highest BCUT2D eigenvalue weighted by atomic mass is 32.1. The van der Waals surface area contributed by atoms with E-state index in [1.54, 1.807) is 11.0 Å². The quantitative estimate of drug-likeness (QED) is 0.747. The highest BCUT2D eigenvalue weighted by Crippen LogP contribution is 2.37. The summed E-state index contributed by atoms with van der Waals surface area (Å²) >= 11 is 1.02. The second-order valence-corrected chi connectivity index (χ2v) is 7.28. The van der Waals surface area contributed by atoms with Crippen LogP contribution in [-0.2, 0) is 4.74 Å². The second kappa shape index (κ2) is 7.28. The number of nitrogens with zero attached hydrogens (tertiary/aromatic N) is 1. The van der Waals surface area contributed by atoms with Gasteiger partial charge in [0, 0.05) is 23.5 Å². The van der Waals surface area contributed by atoms with Gasteiger partial charge < -0.3 is 14.4 Å². The molecule has 3 rings (SSSR count). The maximum Gasteiger partial charge on any atom is 0.264 e. The fourth-order valence-corrected chi connectivity index (χ4v) is 4.02. The molecule has 8 heteroatoms. The van der Waals surface area contributed by atoms with E-state index in [1.165, 1.54) is 6.07 Å². The van der Waals surface area contributed by atoms with Crippen LogP contribution in [0.5, 0.6) is 5.75 Å². The van der Waals surface area contributed by atoms with Crippen molar-refractivity contribution < 1.29 is 27.4 Å². The van der Waals surface area contributed by atoms with E-state index in [1.807, 2.05) is 13.8 Å². The Balaban J connectivity index is 1.91. The van der Waals surface area contributed by atoms with E-state index < -0.39 is 23.2 Å². The van der Waals surface area contributed by atoms with Crippen LogP contribution in [0, 0.1) is 17.5 Å². The molecule has 0 spiro atoms. The van der Waals surface area contributed by atoms with Crippen LogP contribution >= 0.6 is 11.3 Å². The Kier molecular flexibility index (Phi) is 5.24. The molecular weight excluding hydrogens is 367 g/mol. The van der Waals surface area contributed by atoms with Crippen LogP contribution in [0.1, 0.15) is 23.5 Å². The summed E-state index contributed by atoms with van der Waals surface area (Å²) in [5, 5.41) is 0. The van der Waals surface area contributed by atoms with Crippen molar-refractivity contribution in [3.05, 3.63) is 40.5 Å². The van der Waals surface area contributed by atoms with Crippen LogP contribution in [0.2, 0.25) is 0 Å². The Morgan fingerprint density at radius 3 is 2.46 bits per heavy atom. The number of amides is 1. The Labute approximate surface area is 153 Å². The van der Waals surface area contributed by atoms with Crippen molar-refractivity contribution in [2.24, 2.45) is 0 Å². The van der Waals surface area contributed by atoms with E-state index in [2.05, 4.69) is 4.74 Å². The molecule has 1 fully saturated rings. The molecule has 1 amide bonds. The van der Waals surface area contributed by atoms with E-state index in [9.17, 15) is 18.0 Å². The van der Waals surface area contributed by atoms with Crippen LogP contribution < -0.4 is 4.74 Å². The molecule has 2 atom stereocenters. The van der Waals surface area contributed by atoms with Gasteiger partial charge in [0.25, 0.3) is 5.91 Å². The van der Waals surface area contributed by atoms with Crippen molar-refractivity contribution in [3.63, 3.8) is 0 Å². The van der Waals surface area contributed by atoms with Gasteiger partial charge in [-0.05, 0) is 32.0 Å². The molecule has 1 saturated heterocycles. The van der Waals surface area contributed by atoms with E-state index in [0.29, 0.717) is 22.8 Å². The summed E-state index contributed by atoms with van der Waals surface area (Å²) in [4.78, 5) is 15.1. The lowest BCUT2D eigenvalue weighted by atomic mass is 10.1. The third kappa shape index (κ3) is 3.43. The number of halogens is 3. The van der Waals surface area contributed by atoms with Crippen molar-refractivity contribution in [3.8, 4) is 16.2 Å². The number of hydrogen-bond donors (Lipinski definition) is 0. The minimum absolute atomic E-state index is 0.0740. The average molecular weight is 385 g/mol. The lowest BCUT2D eigenvalue weighted by Crippen LogP contribution is -2.48. The Bertz CT molecular complexity index is 829. The molecule has 2 heterocycles. The summed E-state index contributed by atoms with van der Waals surface area (Å²) in [6.45, 7) is 4.70. The highest BCUT2D eigenvalue weighted by molar-refractivity contribution is 7.17. The fourth-order valence-electron chi connectivity index (χ4n) is 3.04. The van der Waals surface area contributed by atoms with Gasteiger partial charge in [-0.3, -0.25) is 4.79 Å². The highest BCUT2D eigenvalue weighted by Gasteiger charge is 2.28. The standard InChI is InChI=1S/C18H18F3NO3S/c1-9-7-22(8-10(2)25-9)18(23)14-5-4-13(26-14)11-6-12(19)16(21)17(24-3)15(11)20/h4-6,9-10H,7-8H2,1-3H3. The number of hydrogen-bond acceptors (Lipinski definition) is 4. The summed E-state index contributed by atoms with van der Waals surface area (Å²) in [6, 6.07) is 3.84. The molecular formula is C18H18F3NO3S. The monoisotopic (exact) mass is 385 g/mol. The zero-order valence-corrected chi connectivity index (χ0v) is 15.3. The van der Waals surface area contributed by atoms with Gasteiger partial charge in [-0.15, -0.1) is 11.3 Å². The Hall–Kier alpha value is -2.06. The molecule has 1 aliphatic rings. The molecule has 0 aliphatic carbocycles. The predicted octanol–water partition coefficient (Wildman–Crippen LogP) is 4.09. The lowest BCUT2D eigenvalue weighted by Gasteiger charge is -2.35. The largest absolute Gasteiger partial charge is 0.491 e. The van der Waals surface area contributed by atoms with Crippen molar-refractivity contribution in [1.82, 2.24) is 4.90 Å². The molecule has 0 saturated carbocycles. The number of morpholine rings is 1. The summed E-state index contributed by atoms with van der Waals surface area (Å²) < 4.78 is 52.0. The molecule has 1 aromatic heterocycles. The van der Waals surface area contributed by atoms with Crippen LogP contribution in [0.25, 0.3) is 10.4 Å². The molecule has 140 valence electrons. The number of carbonyl (C=O) groups excluding carboxylic acids is 1. The number of carbonyl (C=O) groups is 1. The van der Waals surface area contributed by atoms with E-state index in [0.717, 1.165) is 24.5 Å². The molecule has 26 heavy (non-hydrogen) atoms. The van der Waals surface area contributed by atoms with Crippen molar-refractivity contribution in [2.75, 3.05) is 20.2 Å². The Morgan fingerprint density at radius 2 is 1.85 bits per heavy atom. The van der Waals surface area contributed by atoms with E-state index in [-0.39, 0.29) is 23.7 Å². The van der Waals surface area contributed by atoms with Gasteiger partial charge >= 0.3 is 0 Å². The average Bonchev–Trinajstić information content (AvgIpc) is 3.07. The van der Waals surface area contributed by atoms with Gasteiger partial charge in [-0.1, -0.05) is 0 Å². The summed E-state index contributed by atoms with van der Waals surface area (Å²) in [7, 11) is 1.06. The van der Waals surface area contributed by atoms with Crippen molar-refractivity contribution >= 4 is 17.2 Å². The first-order valence-corrected chi connectivity index (χ1v) is 8.89. The normalized spacial score (nSPS) is 20.3. The topological polar surface area (TPSA) is 38.8 Å². The first kappa shape index (κ1) is 18.7. The molecule has 2 unspecified atom stereocenters. The predicted molar refractivity (Wildman–Crippen MR) is 92.1 cm³/mol. The SMILES string of the molecule is COc1c(F)c(F)cc(-c2ccc(C(=O)N3CC(C)OC(C)C3)s2)c1F. The van der Waals surface area contributed by atoms with Gasteiger partial charge in [0.05, 0.1) is 24.2 Å². The summed E-state index contributed by atoms with van der Waals surface area (Å²) in [5.74, 6) is -4.57. The Morgan fingerprint density at radius 1 is 1.19 bits per heavy atom. The molecule has 1 aromatic carbocycles. The third-order valence-electron chi connectivity index (χ3n) is 4.11. The molecule has 0 radical (unpaired) electrons. The van der Waals surface area contributed by atoms with Crippen molar-refractivity contribution in [2.45, 2.75) is 26.1 Å². The van der Waals surface area contributed by atoms with Gasteiger partial charge in [-0.25, -0.2) is 8.78 Å². The van der Waals surface area contributed by atoms with Gasteiger partial charge in [0.2, 0.25) is 5.82 Å². The van der Waals surface area contributed by atoms with E-state index in [4.69, 9.17) is 4.74 Å². The third-order valence-corrected chi connectivity index (χ3v) is 5.22. The zero-order chi connectivity index (χ0) is 19.0. The number of benzene rings is 1. The maximum absolute atomic E-state index is 14.4. The molecule has 1 aliphatic heterocycles. The minimum Gasteiger partial charge on any atom is -0.491 e. The number of ether oxygens (including phenoxy) is 2. The number of thiophene rings is 1. The van der Waals surface area contributed by atoms with Crippen LogP contribution in [0.15, 0.2) is 18.2 Å². The first-order valence-electron chi connectivity index (χ1n) is 8.08. The maximum atomic E-state index is 14.4. The van der Waals surface area contributed by atoms with Crippen molar-refractivity contribution in [1.29, 1.82) is 0 Å². The summed E-state index contributed by atoms with van der Waals surface area (Å²) in [5.41, 5.74) is -0.145. The number of methoxy groups -OCH3 is 1. The van der Waals surface area contributed by atoms with Gasteiger partial charge in [0.1, 0.15) is 0 Å². The molecule has 0 N–H and O–H groups in total. The minimum atomic E-state index is -1.38. The summed E-state index contributed by atoms with van der Waals surface area (Å²) in [6.07, 6.45) is -0.148. The smallest absolute Gasteiger partial charge is 0.264 e. The lowest BCUT2D eigenvalue weighted by molar-refractivity contribution is -0.0585. The number of rotatable bonds is 3. The van der Waals surface area contributed by atoms with Gasteiger partial charge in [-0.2, -0.15) is 4.39 Å². The van der Waals surface area contributed by atoms with Crippen LogP contribution in [0.4, 0.5) is 13.2 Å². The first-order chi connectivity index (χ1) is 12.3. The molecule has 4 nitrogen and oxygen atoms in total. The fraction of sp³-hybridized carbons (Fsp3) is 0.389. The van der Waals surface area contributed by atoms with E-state index >= 15 is 0 Å².